The Bertz CT molecular complexity index is 307. The summed E-state index contributed by atoms with van der Waals surface area (Å²) >= 11 is 0. The zero-order valence-corrected chi connectivity index (χ0v) is 11.6. The Morgan fingerprint density at radius 2 is 1.76 bits per heavy atom. The Labute approximate surface area is 105 Å². The van der Waals surface area contributed by atoms with E-state index in [1.54, 1.807) is 0 Å². The van der Waals surface area contributed by atoms with Gasteiger partial charge in [-0.1, -0.05) is 32.9 Å². The number of rotatable bonds is 4. The van der Waals surface area contributed by atoms with Crippen LogP contribution in [-0.4, -0.2) is 25.0 Å². The van der Waals surface area contributed by atoms with Crippen LogP contribution in [0.4, 0.5) is 0 Å². The Morgan fingerprint density at radius 3 is 2.12 bits per heavy atom. The molecule has 1 rings (SSSR count). The molecule has 0 aromatic carbocycles. The van der Waals surface area contributed by atoms with E-state index in [0.29, 0.717) is 13.2 Å². The van der Waals surface area contributed by atoms with Crippen molar-refractivity contribution in [1.29, 1.82) is 0 Å². The van der Waals surface area contributed by atoms with Crippen molar-refractivity contribution in [3.63, 3.8) is 0 Å². The van der Waals surface area contributed by atoms with Gasteiger partial charge in [0.25, 0.3) is 0 Å². The first kappa shape index (κ1) is 14.4. The van der Waals surface area contributed by atoms with Crippen LogP contribution in [0, 0.1) is 5.41 Å². The summed E-state index contributed by atoms with van der Waals surface area (Å²) < 4.78 is 11.4. The quantitative estimate of drug-likeness (QED) is 0.767. The van der Waals surface area contributed by atoms with Crippen LogP contribution in [0.25, 0.3) is 0 Å². The zero-order chi connectivity index (χ0) is 13.1. The van der Waals surface area contributed by atoms with Crippen molar-refractivity contribution in [3.8, 4) is 0 Å². The second-order valence-corrected chi connectivity index (χ2v) is 5.32. The number of allylic oxidation sites excluding steroid dienone is 2. The molecule has 0 heterocycles. The molecule has 1 aliphatic carbocycles. The van der Waals surface area contributed by atoms with E-state index < -0.39 is 5.79 Å². The van der Waals surface area contributed by atoms with Gasteiger partial charge in [-0.2, -0.15) is 0 Å². The van der Waals surface area contributed by atoms with Crippen LogP contribution in [0.5, 0.6) is 0 Å². The standard InChI is InChI=1S/C14H25NO2/c1-6-16-14(17-7-2)9-8-11(10-12(14)15)13(3,4)5/h8-10,12H,6-7,15H2,1-5H3. The molecule has 1 aliphatic rings. The predicted molar refractivity (Wildman–Crippen MR) is 70.6 cm³/mol. The molecule has 0 fully saturated rings. The SMILES string of the molecule is CCOC1(OCC)C=CC(C(C)(C)C)=CC1N. The molecule has 0 spiro atoms. The fraction of sp³-hybridized carbons (Fsp3) is 0.714. The fourth-order valence-electron chi connectivity index (χ4n) is 1.96. The summed E-state index contributed by atoms with van der Waals surface area (Å²) in [6, 6.07) is -0.262. The van der Waals surface area contributed by atoms with E-state index in [-0.39, 0.29) is 11.5 Å². The largest absolute Gasteiger partial charge is 0.345 e. The van der Waals surface area contributed by atoms with Gasteiger partial charge in [-0.3, -0.25) is 0 Å². The van der Waals surface area contributed by atoms with Gasteiger partial charge in [0.15, 0.2) is 0 Å². The van der Waals surface area contributed by atoms with Gasteiger partial charge in [0, 0.05) is 13.2 Å². The Morgan fingerprint density at radius 1 is 1.24 bits per heavy atom. The van der Waals surface area contributed by atoms with E-state index in [2.05, 4.69) is 26.8 Å². The van der Waals surface area contributed by atoms with Crippen molar-refractivity contribution in [2.75, 3.05) is 13.2 Å². The molecule has 0 bridgehead atoms. The molecule has 3 heteroatoms. The van der Waals surface area contributed by atoms with Crippen LogP contribution in [0.15, 0.2) is 23.8 Å². The summed E-state index contributed by atoms with van der Waals surface area (Å²) in [5.41, 5.74) is 7.51. The molecule has 1 unspecified atom stereocenters. The highest BCUT2D eigenvalue weighted by Gasteiger charge is 2.38. The lowest BCUT2D eigenvalue weighted by atomic mass is 9.81. The molecule has 0 saturated carbocycles. The van der Waals surface area contributed by atoms with Crippen LogP contribution in [0.3, 0.4) is 0 Å². The van der Waals surface area contributed by atoms with Crippen LogP contribution in [0.2, 0.25) is 0 Å². The molecule has 1 atom stereocenters. The van der Waals surface area contributed by atoms with E-state index in [4.69, 9.17) is 15.2 Å². The number of ether oxygens (including phenoxy) is 2. The number of hydrogen-bond acceptors (Lipinski definition) is 3. The lowest BCUT2D eigenvalue weighted by Gasteiger charge is -2.38. The molecular formula is C14H25NO2. The van der Waals surface area contributed by atoms with Crippen LogP contribution < -0.4 is 5.73 Å². The monoisotopic (exact) mass is 239 g/mol. The summed E-state index contributed by atoms with van der Waals surface area (Å²) in [4.78, 5) is 0. The van der Waals surface area contributed by atoms with Gasteiger partial charge in [-0.05, 0) is 30.9 Å². The van der Waals surface area contributed by atoms with Crippen molar-refractivity contribution in [2.24, 2.45) is 11.1 Å². The van der Waals surface area contributed by atoms with Crippen molar-refractivity contribution in [2.45, 2.75) is 46.4 Å². The first-order valence-electron chi connectivity index (χ1n) is 6.30. The minimum atomic E-state index is -0.793. The highest BCUT2D eigenvalue weighted by molar-refractivity contribution is 5.34. The molecule has 2 N–H and O–H groups in total. The minimum Gasteiger partial charge on any atom is -0.345 e. The number of hydrogen-bond donors (Lipinski definition) is 1. The molecule has 98 valence electrons. The Kier molecular flexibility index (Phi) is 4.53. The molecular weight excluding hydrogens is 214 g/mol. The molecule has 17 heavy (non-hydrogen) atoms. The average molecular weight is 239 g/mol. The smallest absolute Gasteiger partial charge is 0.207 e. The minimum absolute atomic E-state index is 0.0959. The molecule has 0 aliphatic heterocycles. The van der Waals surface area contributed by atoms with Crippen LogP contribution >= 0.6 is 0 Å². The van der Waals surface area contributed by atoms with Gasteiger partial charge < -0.3 is 15.2 Å². The highest BCUT2D eigenvalue weighted by Crippen LogP contribution is 2.33. The first-order valence-corrected chi connectivity index (χ1v) is 6.30. The van der Waals surface area contributed by atoms with Crippen LogP contribution in [0.1, 0.15) is 34.6 Å². The van der Waals surface area contributed by atoms with Gasteiger partial charge in [0.05, 0.1) is 6.04 Å². The maximum atomic E-state index is 6.20. The highest BCUT2D eigenvalue weighted by atomic mass is 16.7. The molecule has 0 aromatic heterocycles. The zero-order valence-electron chi connectivity index (χ0n) is 11.6. The second-order valence-electron chi connectivity index (χ2n) is 5.32. The third kappa shape index (κ3) is 3.18. The lowest BCUT2D eigenvalue weighted by molar-refractivity contribution is -0.205. The van der Waals surface area contributed by atoms with E-state index in [1.165, 1.54) is 5.57 Å². The number of nitrogens with two attached hydrogens (primary N) is 1. The first-order chi connectivity index (χ1) is 7.85. The van der Waals surface area contributed by atoms with E-state index in [0.717, 1.165) is 0 Å². The van der Waals surface area contributed by atoms with Crippen molar-refractivity contribution in [3.05, 3.63) is 23.8 Å². The van der Waals surface area contributed by atoms with E-state index in [9.17, 15) is 0 Å². The Balaban J connectivity index is 2.95. The van der Waals surface area contributed by atoms with Crippen molar-refractivity contribution < 1.29 is 9.47 Å². The molecule has 0 radical (unpaired) electrons. The van der Waals surface area contributed by atoms with Gasteiger partial charge in [-0.25, -0.2) is 0 Å². The maximum absolute atomic E-state index is 6.20. The normalized spacial score (nSPS) is 23.6. The summed E-state index contributed by atoms with van der Waals surface area (Å²) in [7, 11) is 0. The molecule has 0 amide bonds. The third-order valence-electron chi connectivity index (χ3n) is 2.92. The second kappa shape index (κ2) is 5.34. The van der Waals surface area contributed by atoms with Gasteiger partial charge >= 0.3 is 0 Å². The summed E-state index contributed by atoms with van der Waals surface area (Å²) in [5.74, 6) is -0.793. The fourth-order valence-corrected chi connectivity index (χ4v) is 1.96. The van der Waals surface area contributed by atoms with Gasteiger partial charge in [0.1, 0.15) is 0 Å². The van der Waals surface area contributed by atoms with Crippen molar-refractivity contribution in [1.82, 2.24) is 0 Å². The van der Waals surface area contributed by atoms with Gasteiger partial charge in [0.2, 0.25) is 5.79 Å². The molecule has 0 aromatic rings. The summed E-state index contributed by atoms with van der Waals surface area (Å²) in [6.45, 7) is 11.6. The third-order valence-corrected chi connectivity index (χ3v) is 2.92. The average Bonchev–Trinajstić information content (AvgIpc) is 2.21. The van der Waals surface area contributed by atoms with Gasteiger partial charge in [-0.15, -0.1) is 0 Å². The van der Waals surface area contributed by atoms with E-state index in [1.807, 2.05) is 26.0 Å². The lowest BCUT2D eigenvalue weighted by Crippen LogP contribution is -2.51. The predicted octanol–water partition coefficient (Wildman–Crippen LogP) is 2.63. The molecule has 3 nitrogen and oxygen atoms in total. The van der Waals surface area contributed by atoms with Crippen molar-refractivity contribution >= 4 is 0 Å². The Hall–Kier alpha value is -0.640. The topological polar surface area (TPSA) is 44.5 Å². The summed E-state index contributed by atoms with van der Waals surface area (Å²) in [5, 5.41) is 0. The molecule has 0 saturated heterocycles. The van der Waals surface area contributed by atoms with E-state index >= 15 is 0 Å². The maximum Gasteiger partial charge on any atom is 0.207 e. The van der Waals surface area contributed by atoms with Crippen LogP contribution in [-0.2, 0) is 9.47 Å². The summed E-state index contributed by atoms with van der Waals surface area (Å²) in [6.07, 6.45) is 6.06.